The van der Waals surface area contributed by atoms with Crippen LogP contribution in [0.15, 0.2) is 60.3 Å². The number of halogens is 3. The van der Waals surface area contributed by atoms with E-state index in [0.29, 0.717) is 33.1 Å². The van der Waals surface area contributed by atoms with Crippen LogP contribution in [0.5, 0.6) is 5.75 Å². The van der Waals surface area contributed by atoms with Crippen molar-refractivity contribution in [1.29, 1.82) is 0 Å². The lowest BCUT2D eigenvalue weighted by molar-refractivity contribution is 0.210. The van der Waals surface area contributed by atoms with Crippen LogP contribution in [0.25, 0.3) is 0 Å². The van der Waals surface area contributed by atoms with Gasteiger partial charge in [-0.2, -0.15) is 0 Å². The minimum Gasteiger partial charge on any atom is -0.483 e. The third-order valence-electron chi connectivity index (χ3n) is 3.88. The van der Waals surface area contributed by atoms with Gasteiger partial charge in [0.15, 0.2) is 17.1 Å². The fourth-order valence-electron chi connectivity index (χ4n) is 2.58. The molecule has 0 radical (unpaired) electrons. The fraction of sp³-hybridized carbons (Fsp3) is 0.200. The second-order valence-electron chi connectivity index (χ2n) is 5.99. The lowest BCUT2D eigenvalue weighted by atomic mass is 10.2. The quantitative estimate of drug-likeness (QED) is 0.275. The SMILES string of the molecule is C=CCn1c(SCc2ccc(Cl)c(Cl)c2)nnc1C(C)Oc1cccc(Cl)c1. The summed E-state index contributed by atoms with van der Waals surface area (Å²) in [7, 11) is 0. The molecule has 0 fully saturated rings. The van der Waals surface area contributed by atoms with Gasteiger partial charge in [0.2, 0.25) is 0 Å². The molecule has 3 rings (SSSR count). The molecule has 0 aliphatic carbocycles. The van der Waals surface area contributed by atoms with Crippen molar-refractivity contribution in [3.63, 3.8) is 0 Å². The predicted octanol–water partition coefficient (Wildman–Crippen LogP) is 6.86. The average Bonchev–Trinajstić information content (AvgIpc) is 3.06. The van der Waals surface area contributed by atoms with Crippen LogP contribution in [0, 0.1) is 0 Å². The minimum absolute atomic E-state index is 0.301. The van der Waals surface area contributed by atoms with E-state index in [9.17, 15) is 0 Å². The monoisotopic (exact) mass is 453 g/mol. The number of benzene rings is 2. The van der Waals surface area contributed by atoms with E-state index in [1.165, 1.54) is 0 Å². The molecule has 1 unspecified atom stereocenters. The molecule has 1 atom stereocenters. The molecule has 28 heavy (non-hydrogen) atoms. The van der Waals surface area contributed by atoms with Crippen molar-refractivity contribution in [2.24, 2.45) is 0 Å². The summed E-state index contributed by atoms with van der Waals surface area (Å²) in [6.45, 7) is 6.34. The Kier molecular flexibility index (Phi) is 7.30. The fourth-order valence-corrected chi connectivity index (χ4v) is 3.98. The summed E-state index contributed by atoms with van der Waals surface area (Å²) < 4.78 is 7.98. The van der Waals surface area contributed by atoms with Crippen molar-refractivity contribution in [3.8, 4) is 5.75 Å². The molecule has 0 aliphatic rings. The zero-order valence-corrected chi connectivity index (χ0v) is 18.2. The van der Waals surface area contributed by atoms with Gasteiger partial charge in [0.05, 0.1) is 10.0 Å². The largest absolute Gasteiger partial charge is 0.483 e. The number of allylic oxidation sites excluding steroid dienone is 1. The zero-order chi connectivity index (χ0) is 20.1. The standard InChI is InChI=1S/C20H18Cl3N3OS/c1-3-9-26-19(13(2)27-16-6-4-5-15(21)11-16)24-25-20(26)28-12-14-7-8-17(22)18(23)10-14/h3-8,10-11,13H,1,9,12H2,2H3. The van der Waals surface area contributed by atoms with E-state index in [0.717, 1.165) is 16.5 Å². The van der Waals surface area contributed by atoms with Gasteiger partial charge in [-0.25, -0.2) is 0 Å². The van der Waals surface area contributed by atoms with Crippen molar-refractivity contribution < 1.29 is 4.74 Å². The average molecular weight is 455 g/mol. The molecule has 1 aromatic heterocycles. The van der Waals surface area contributed by atoms with Gasteiger partial charge < -0.3 is 4.74 Å². The molecule has 0 N–H and O–H groups in total. The molecule has 4 nitrogen and oxygen atoms in total. The highest BCUT2D eigenvalue weighted by molar-refractivity contribution is 7.98. The Morgan fingerprint density at radius 1 is 1.14 bits per heavy atom. The maximum atomic E-state index is 6.10. The number of thioether (sulfide) groups is 1. The second kappa shape index (κ2) is 9.70. The van der Waals surface area contributed by atoms with Crippen LogP contribution < -0.4 is 4.74 Å². The first-order chi connectivity index (χ1) is 13.5. The van der Waals surface area contributed by atoms with E-state index in [2.05, 4.69) is 16.8 Å². The van der Waals surface area contributed by atoms with Crippen LogP contribution in [-0.4, -0.2) is 14.8 Å². The lowest BCUT2D eigenvalue weighted by Gasteiger charge is -2.16. The number of aromatic nitrogens is 3. The third kappa shape index (κ3) is 5.23. The Bertz CT molecular complexity index is 977. The summed E-state index contributed by atoms with van der Waals surface area (Å²) in [6.07, 6.45) is 1.51. The van der Waals surface area contributed by atoms with E-state index in [1.54, 1.807) is 30.0 Å². The zero-order valence-electron chi connectivity index (χ0n) is 15.1. The summed E-state index contributed by atoms with van der Waals surface area (Å²) in [4.78, 5) is 0. The normalized spacial score (nSPS) is 12.0. The van der Waals surface area contributed by atoms with Gasteiger partial charge in [-0.05, 0) is 42.8 Å². The Balaban J connectivity index is 1.76. The molecule has 0 saturated heterocycles. The first-order valence-electron chi connectivity index (χ1n) is 8.51. The van der Waals surface area contributed by atoms with Gasteiger partial charge in [-0.3, -0.25) is 4.57 Å². The van der Waals surface area contributed by atoms with Gasteiger partial charge in [-0.1, -0.05) is 64.8 Å². The summed E-state index contributed by atoms with van der Waals surface area (Å²) in [5.41, 5.74) is 1.05. The van der Waals surface area contributed by atoms with Gasteiger partial charge >= 0.3 is 0 Å². The van der Waals surface area contributed by atoms with Crippen LogP contribution in [0.2, 0.25) is 15.1 Å². The molecular formula is C20H18Cl3N3OS. The second-order valence-corrected chi connectivity index (χ2v) is 8.19. The van der Waals surface area contributed by atoms with Crippen molar-refractivity contribution in [2.45, 2.75) is 30.5 Å². The minimum atomic E-state index is -0.301. The van der Waals surface area contributed by atoms with Gasteiger partial charge in [0.25, 0.3) is 0 Å². The molecular weight excluding hydrogens is 437 g/mol. The summed E-state index contributed by atoms with van der Waals surface area (Å²) in [6, 6.07) is 12.9. The summed E-state index contributed by atoms with van der Waals surface area (Å²) in [5, 5.41) is 11.1. The third-order valence-corrected chi connectivity index (χ3v) is 5.89. The van der Waals surface area contributed by atoms with Gasteiger partial charge in [-0.15, -0.1) is 16.8 Å². The van der Waals surface area contributed by atoms with Crippen molar-refractivity contribution in [1.82, 2.24) is 14.8 Å². The molecule has 146 valence electrons. The van der Waals surface area contributed by atoms with E-state index < -0.39 is 0 Å². The highest BCUT2D eigenvalue weighted by Gasteiger charge is 2.19. The van der Waals surface area contributed by atoms with E-state index in [4.69, 9.17) is 39.5 Å². The van der Waals surface area contributed by atoms with Crippen LogP contribution in [-0.2, 0) is 12.3 Å². The maximum Gasteiger partial charge on any atom is 0.191 e. The molecule has 2 aromatic carbocycles. The van der Waals surface area contributed by atoms with E-state index in [-0.39, 0.29) is 6.10 Å². The van der Waals surface area contributed by atoms with Crippen LogP contribution in [0.4, 0.5) is 0 Å². The first-order valence-corrected chi connectivity index (χ1v) is 10.6. The molecule has 0 saturated carbocycles. The molecule has 0 spiro atoms. The predicted molar refractivity (Wildman–Crippen MR) is 117 cm³/mol. The number of nitrogens with zero attached hydrogens (tertiary/aromatic N) is 3. The lowest BCUT2D eigenvalue weighted by Crippen LogP contribution is -2.12. The van der Waals surface area contributed by atoms with Crippen molar-refractivity contribution in [2.75, 3.05) is 0 Å². The molecule has 1 heterocycles. The summed E-state index contributed by atoms with van der Waals surface area (Å²) in [5.74, 6) is 2.09. The van der Waals surface area contributed by atoms with Crippen molar-refractivity contribution in [3.05, 3.63) is 81.6 Å². The van der Waals surface area contributed by atoms with E-state index in [1.807, 2.05) is 41.8 Å². The van der Waals surface area contributed by atoms with Crippen LogP contribution in [0.3, 0.4) is 0 Å². The van der Waals surface area contributed by atoms with Gasteiger partial charge in [0, 0.05) is 17.3 Å². The number of hydrogen-bond acceptors (Lipinski definition) is 4. The molecule has 8 heteroatoms. The molecule has 0 bridgehead atoms. The topological polar surface area (TPSA) is 39.9 Å². The molecule has 3 aromatic rings. The Morgan fingerprint density at radius 3 is 2.68 bits per heavy atom. The highest BCUT2D eigenvalue weighted by Crippen LogP contribution is 2.29. The maximum absolute atomic E-state index is 6.10. The first kappa shape index (κ1) is 21.1. The Labute approximate surface area is 183 Å². The Morgan fingerprint density at radius 2 is 1.96 bits per heavy atom. The van der Waals surface area contributed by atoms with Crippen LogP contribution >= 0.6 is 46.6 Å². The molecule has 0 amide bonds. The summed E-state index contributed by atoms with van der Waals surface area (Å²) >= 11 is 19.7. The van der Waals surface area contributed by atoms with E-state index >= 15 is 0 Å². The highest BCUT2D eigenvalue weighted by atomic mass is 35.5. The van der Waals surface area contributed by atoms with Gasteiger partial charge in [0.1, 0.15) is 5.75 Å². The van der Waals surface area contributed by atoms with Crippen LogP contribution in [0.1, 0.15) is 24.4 Å². The Hall–Kier alpha value is -1.66. The molecule has 0 aliphatic heterocycles. The van der Waals surface area contributed by atoms with Crippen molar-refractivity contribution >= 4 is 46.6 Å². The number of ether oxygens (including phenoxy) is 1. The number of rotatable bonds is 8. The smallest absolute Gasteiger partial charge is 0.191 e. The number of hydrogen-bond donors (Lipinski definition) is 0.